The zero-order chi connectivity index (χ0) is 14.8. The van der Waals surface area contributed by atoms with Crippen molar-refractivity contribution in [1.82, 2.24) is 5.32 Å². The molecule has 2 heteroatoms. The lowest BCUT2D eigenvalue weighted by Crippen LogP contribution is -2.41. The van der Waals surface area contributed by atoms with Crippen molar-refractivity contribution in [2.45, 2.75) is 58.0 Å². The van der Waals surface area contributed by atoms with Crippen molar-refractivity contribution in [2.75, 3.05) is 7.11 Å². The molecule has 1 aromatic rings. The first-order valence-corrected chi connectivity index (χ1v) is 8.57. The van der Waals surface area contributed by atoms with E-state index in [1.807, 2.05) is 0 Å². The Bertz CT molecular complexity index is 451. The summed E-state index contributed by atoms with van der Waals surface area (Å²) < 4.78 is 5.28. The summed E-state index contributed by atoms with van der Waals surface area (Å²) in [5.74, 6) is 3.49. The zero-order valence-corrected chi connectivity index (χ0v) is 13.6. The summed E-state index contributed by atoms with van der Waals surface area (Å²) in [4.78, 5) is 0. The fourth-order valence-corrected chi connectivity index (χ4v) is 3.89. The van der Waals surface area contributed by atoms with E-state index in [1.165, 1.54) is 37.7 Å². The zero-order valence-electron chi connectivity index (χ0n) is 13.6. The van der Waals surface area contributed by atoms with Gasteiger partial charge in [-0.1, -0.05) is 26.0 Å². The molecular weight excluding hydrogens is 258 g/mol. The Morgan fingerprint density at radius 1 is 1.05 bits per heavy atom. The largest absolute Gasteiger partial charge is 0.497 e. The standard InChI is InChI=1S/C19H29NO/c1-13-4-11-18(14(2)12-13)20-19(15-5-6-15)16-7-9-17(21-3)10-8-16/h7-10,13-15,18-20H,4-6,11-12H2,1-3H3. The molecule has 2 aliphatic rings. The second-order valence-electron chi connectivity index (χ2n) is 7.26. The first kappa shape index (κ1) is 14.9. The predicted molar refractivity (Wildman–Crippen MR) is 87.6 cm³/mol. The summed E-state index contributed by atoms with van der Waals surface area (Å²) in [6, 6.07) is 9.90. The average Bonchev–Trinajstić information content (AvgIpc) is 3.31. The molecule has 2 nitrogen and oxygen atoms in total. The Hall–Kier alpha value is -1.02. The Balaban J connectivity index is 1.69. The molecule has 2 aliphatic carbocycles. The number of nitrogens with one attached hydrogen (secondary N) is 1. The van der Waals surface area contributed by atoms with Crippen molar-refractivity contribution in [3.8, 4) is 5.75 Å². The minimum atomic E-state index is 0.539. The van der Waals surface area contributed by atoms with E-state index in [0.717, 1.165) is 23.5 Å². The smallest absolute Gasteiger partial charge is 0.118 e. The van der Waals surface area contributed by atoms with Gasteiger partial charge in [0.15, 0.2) is 0 Å². The van der Waals surface area contributed by atoms with Crippen molar-refractivity contribution in [3.63, 3.8) is 0 Å². The maximum Gasteiger partial charge on any atom is 0.118 e. The van der Waals surface area contributed by atoms with E-state index in [2.05, 4.69) is 43.4 Å². The van der Waals surface area contributed by atoms with Crippen LogP contribution in [0.25, 0.3) is 0 Å². The highest BCUT2D eigenvalue weighted by Gasteiger charge is 2.35. The third-order valence-electron chi connectivity index (χ3n) is 5.39. The van der Waals surface area contributed by atoms with Gasteiger partial charge in [-0.05, 0) is 67.6 Å². The van der Waals surface area contributed by atoms with Crippen molar-refractivity contribution in [1.29, 1.82) is 0 Å². The molecule has 0 bridgehead atoms. The average molecular weight is 287 g/mol. The Morgan fingerprint density at radius 2 is 1.76 bits per heavy atom. The topological polar surface area (TPSA) is 21.3 Å². The number of rotatable bonds is 5. The summed E-state index contributed by atoms with van der Waals surface area (Å²) in [6.07, 6.45) is 6.84. The summed E-state index contributed by atoms with van der Waals surface area (Å²) >= 11 is 0. The highest BCUT2D eigenvalue weighted by atomic mass is 16.5. The minimum Gasteiger partial charge on any atom is -0.497 e. The van der Waals surface area contributed by atoms with E-state index in [0.29, 0.717) is 12.1 Å². The van der Waals surface area contributed by atoms with Crippen molar-refractivity contribution >= 4 is 0 Å². The molecule has 116 valence electrons. The molecule has 1 aromatic carbocycles. The van der Waals surface area contributed by atoms with Crippen LogP contribution in [0.15, 0.2) is 24.3 Å². The molecule has 1 N–H and O–H groups in total. The molecule has 3 rings (SSSR count). The van der Waals surface area contributed by atoms with Crippen molar-refractivity contribution < 1.29 is 4.74 Å². The highest BCUT2D eigenvalue weighted by Crippen LogP contribution is 2.42. The fourth-order valence-electron chi connectivity index (χ4n) is 3.89. The SMILES string of the molecule is COc1ccc(C(NC2CCC(C)CC2C)C2CC2)cc1. The molecule has 0 spiro atoms. The Morgan fingerprint density at radius 3 is 2.33 bits per heavy atom. The van der Waals surface area contributed by atoms with Gasteiger partial charge in [-0.3, -0.25) is 0 Å². The van der Waals surface area contributed by atoms with E-state index in [4.69, 9.17) is 4.74 Å². The molecule has 21 heavy (non-hydrogen) atoms. The molecule has 0 saturated heterocycles. The molecule has 2 saturated carbocycles. The minimum absolute atomic E-state index is 0.539. The van der Waals surface area contributed by atoms with Crippen LogP contribution in [0.3, 0.4) is 0 Å². The van der Waals surface area contributed by atoms with Gasteiger partial charge in [0.2, 0.25) is 0 Å². The summed E-state index contributed by atoms with van der Waals surface area (Å²) in [7, 11) is 1.73. The highest BCUT2D eigenvalue weighted by molar-refractivity contribution is 5.30. The normalized spacial score (nSPS) is 30.9. The van der Waals surface area contributed by atoms with Crippen LogP contribution in [-0.2, 0) is 0 Å². The van der Waals surface area contributed by atoms with Gasteiger partial charge in [-0.25, -0.2) is 0 Å². The van der Waals surface area contributed by atoms with E-state index in [-0.39, 0.29) is 0 Å². The lowest BCUT2D eigenvalue weighted by molar-refractivity contribution is 0.208. The maximum absolute atomic E-state index is 5.28. The van der Waals surface area contributed by atoms with Crippen LogP contribution in [0.4, 0.5) is 0 Å². The predicted octanol–water partition coefficient (Wildman–Crippen LogP) is 4.56. The molecule has 2 fully saturated rings. The second kappa shape index (κ2) is 6.39. The van der Waals surface area contributed by atoms with Crippen molar-refractivity contribution in [2.24, 2.45) is 17.8 Å². The lowest BCUT2D eigenvalue weighted by Gasteiger charge is -2.36. The molecule has 4 unspecified atom stereocenters. The second-order valence-corrected chi connectivity index (χ2v) is 7.26. The van der Waals surface area contributed by atoms with Gasteiger partial charge < -0.3 is 10.1 Å². The van der Waals surface area contributed by atoms with Crippen LogP contribution in [0.2, 0.25) is 0 Å². The van der Waals surface area contributed by atoms with E-state index in [9.17, 15) is 0 Å². The third-order valence-corrected chi connectivity index (χ3v) is 5.39. The Kier molecular flexibility index (Phi) is 4.54. The monoisotopic (exact) mass is 287 g/mol. The molecule has 4 atom stereocenters. The van der Waals surface area contributed by atoms with Crippen LogP contribution >= 0.6 is 0 Å². The van der Waals surface area contributed by atoms with E-state index >= 15 is 0 Å². The van der Waals surface area contributed by atoms with Crippen LogP contribution in [-0.4, -0.2) is 13.2 Å². The van der Waals surface area contributed by atoms with Gasteiger partial charge in [0.25, 0.3) is 0 Å². The number of ether oxygens (including phenoxy) is 1. The molecule has 0 radical (unpaired) electrons. The first-order valence-electron chi connectivity index (χ1n) is 8.57. The van der Waals surface area contributed by atoms with Crippen LogP contribution in [0.1, 0.15) is 57.6 Å². The lowest BCUT2D eigenvalue weighted by atomic mass is 9.79. The molecule has 0 amide bonds. The van der Waals surface area contributed by atoms with Gasteiger partial charge >= 0.3 is 0 Å². The Labute approximate surface area is 129 Å². The summed E-state index contributed by atoms with van der Waals surface area (Å²) in [6.45, 7) is 4.82. The number of methoxy groups -OCH3 is 1. The van der Waals surface area contributed by atoms with Crippen LogP contribution in [0.5, 0.6) is 5.75 Å². The summed E-state index contributed by atoms with van der Waals surface area (Å²) in [5, 5.41) is 4.00. The molecular formula is C19H29NO. The molecule has 0 heterocycles. The third kappa shape index (κ3) is 3.60. The maximum atomic E-state index is 5.28. The summed E-state index contributed by atoms with van der Waals surface area (Å²) in [5.41, 5.74) is 1.43. The fraction of sp³-hybridized carbons (Fsp3) is 0.684. The molecule has 0 aliphatic heterocycles. The van der Waals surface area contributed by atoms with E-state index in [1.54, 1.807) is 7.11 Å². The van der Waals surface area contributed by atoms with Crippen LogP contribution < -0.4 is 10.1 Å². The van der Waals surface area contributed by atoms with Gasteiger partial charge in [0.05, 0.1) is 7.11 Å². The van der Waals surface area contributed by atoms with Gasteiger partial charge in [-0.2, -0.15) is 0 Å². The quantitative estimate of drug-likeness (QED) is 0.857. The van der Waals surface area contributed by atoms with Gasteiger partial charge in [0.1, 0.15) is 5.75 Å². The first-order chi connectivity index (χ1) is 10.2. The number of hydrogen-bond acceptors (Lipinski definition) is 2. The van der Waals surface area contributed by atoms with Gasteiger partial charge in [0, 0.05) is 12.1 Å². The van der Waals surface area contributed by atoms with E-state index < -0.39 is 0 Å². The number of benzene rings is 1. The van der Waals surface area contributed by atoms with Gasteiger partial charge in [-0.15, -0.1) is 0 Å². The van der Waals surface area contributed by atoms with Crippen molar-refractivity contribution in [3.05, 3.63) is 29.8 Å². The number of hydrogen-bond donors (Lipinski definition) is 1. The van der Waals surface area contributed by atoms with Crippen LogP contribution in [0, 0.1) is 17.8 Å². The molecule has 0 aromatic heterocycles.